The van der Waals surface area contributed by atoms with Gasteiger partial charge in [-0.15, -0.1) is 0 Å². The number of anilines is 1. The summed E-state index contributed by atoms with van der Waals surface area (Å²) in [6.07, 6.45) is 1.85. The minimum atomic E-state index is -0.641. The fraction of sp³-hybridized carbons (Fsp3) is 0.240. The number of methoxy groups -OCH3 is 2. The first-order valence-electron chi connectivity index (χ1n) is 10.4. The van der Waals surface area contributed by atoms with E-state index in [1.54, 1.807) is 18.6 Å². The Balaban J connectivity index is 1.90. The summed E-state index contributed by atoms with van der Waals surface area (Å²) in [6.45, 7) is 1.76. The molecule has 170 valence electrons. The molecular weight excluding hydrogens is 438 g/mol. The summed E-state index contributed by atoms with van der Waals surface area (Å²) < 4.78 is 12.4. The Labute approximate surface area is 195 Å². The van der Waals surface area contributed by atoms with E-state index in [2.05, 4.69) is 4.99 Å². The molecule has 0 saturated carbocycles. The molecule has 3 aromatic rings. The summed E-state index contributed by atoms with van der Waals surface area (Å²) >= 11 is 1.31. The highest BCUT2D eigenvalue weighted by Crippen LogP contribution is 2.31. The standard InChI is InChI=1S/C25H25N3O4S/c1-15-21(24(30)32-5)22(17-8-12-19(31-4)13-9-17)28-23(29)20(33-25(28)26-15)14-16-6-10-18(11-7-16)27(2)3/h6-14,22H,1-5H3. The van der Waals surface area contributed by atoms with Crippen LogP contribution in [0.1, 0.15) is 24.1 Å². The minimum Gasteiger partial charge on any atom is -0.497 e. The van der Waals surface area contributed by atoms with Gasteiger partial charge in [0.25, 0.3) is 5.56 Å². The SMILES string of the molecule is COC(=O)C1=C(C)N=c2sc(=Cc3ccc(N(C)C)cc3)c(=O)n2C1c1ccc(OC)cc1. The summed E-state index contributed by atoms with van der Waals surface area (Å²) in [5, 5.41) is 0. The van der Waals surface area contributed by atoms with Crippen LogP contribution in [0.2, 0.25) is 0 Å². The summed E-state index contributed by atoms with van der Waals surface area (Å²) in [7, 11) is 6.88. The van der Waals surface area contributed by atoms with Crippen molar-refractivity contribution in [1.82, 2.24) is 4.57 Å². The number of carbonyl (C=O) groups is 1. The van der Waals surface area contributed by atoms with Gasteiger partial charge in [-0.1, -0.05) is 35.6 Å². The monoisotopic (exact) mass is 463 g/mol. The van der Waals surface area contributed by atoms with Gasteiger partial charge in [0.1, 0.15) is 5.75 Å². The highest BCUT2D eigenvalue weighted by molar-refractivity contribution is 7.07. The lowest BCUT2D eigenvalue weighted by molar-refractivity contribution is -0.136. The van der Waals surface area contributed by atoms with Gasteiger partial charge in [0.15, 0.2) is 4.80 Å². The summed E-state index contributed by atoms with van der Waals surface area (Å²) in [6, 6.07) is 14.6. The van der Waals surface area contributed by atoms with Gasteiger partial charge in [0.2, 0.25) is 0 Å². The van der Waals surface area contributed by atoms with Crippen LogP contribution in [-0.4, -0.2) is 38.9 Å². The second-order valence-corrected chi connectivity index (χ2v) is 8.84. The van der Waals surface area contributed by atoms with E-state index in [4.69, 9.17) is 9.47 Å². The summed E-state index contributed by atoms with van der Waals surface area (Å²) in [5.74, 6) is 0.179. The lowest BCUT2D eigenvalue weighted by Crippen LogP contribution is -2.39. The van der Waals surface area contributed by atoms with Gasteiger partial charge < -0.3 is 14.4 Å². The second kappa shape index (κ2) is 9.07. The van der Waals surface area contributed by atoms with E-state index >= 15 is 0 Å². The van der Waals surface area contributed by atoms with Crippen LogP contribution in [0, 0.1) is 0 Å². The third-order valence-corrected chi connectivity index (χ3v) is 6.55. The lowest BCUT2D eigenvalue weighted by Gasteiger charge is -2.24. The Bertz CT molecular complexity index is 1400. The molecule has 0 spiro atoms. The van der Waals surface area contributed by atoms with Crippen molar-refractivity contribution >= 4 is 29.1 Å². The van der Waals surface area contributed by atoms with Gasteiger partial charge in [-0.3, -0.25) is 9.36 Å². The molecule has 0 saturated heterocycles. The lowest BCUT2D eigenvalue weighted by atomic mass is 9.96. The molecule has 1 atom stereocenters. The summed E-state index contributed by atoms with van der Waals surface area (Å²) in [5.41, 5.74) is 3.43. The molecule has 0 amide bonds. The van der Waals surface area contributed by atoms with Crippen LogP contribution in [0.25, 0.3) is 6.08 Å². The molecule has 0 N–H and O–H groups in total. The zero-order chi connectivity index (χ0) is 23.7. The molecule has 0 fully saturated rings. The van der Waals surface area contributed by atoms with Crippen LogP contribution in [0.4, 0.5) is 5.69 Å². The predicted molar refractivity (Wildman–Crippen MR) is 130 cm³/mol. The molecule has 0 aliphatic carbocycles. The average molecular weight is 464 g/mol. The first-order chi connectivity index (χ1) is 15.8. The molecule has 7 nitrogen and oxygen atoms in total. The van der Waals surface area contributed by atoms with Crippen molar-refractivity contribution in [2.45, 2.75) is 13.0 Å². The third-order valence-electron chi connectivity index (χ3n) is 5.57. The Morgan fingerprint density at radius 3 is 2.33 bits per heavy atom. The zero-order valence-corrected chi connectivity index (χ0v) is 20.0. The molecule has 2 aromatic carbocycles. The maximum Gasteiger partial charge on any atom is 0.338 e. The Morgan fingerprint density at radius 2 is 1.76 bits per heavy atom. The molecule has 0 bridgehead atoms. The minimum absolute atomic E-state index is 0.204. The maximum atomic E-state index is 13.5. The molecule has 1 aromatic heterocycles. The van der Waals surface area contributed by atoms with E-state index in [0.29, 0.717) is 26.4 Å². The van der Waals surface area contributed by atoms with Crippen molar-refractivity contribution in [2.24, 2.45) is 4.99 Å². The molecule has 1 unspecified atom stereocenters. The number of thiazole rings is 1. The van der Waals surface area contributed by atoms with Crippen LogP contribution >= 0.6 is 11.3 Å². The van der Waals surface area contributed by atoms with Crippen molar-refractivity contribution < 1.29 is 14.3 Å². The molecule has 1 aliphatic rings. The van der Waals surface area contributed by atoms with E-state index in [1.165, 1.54) is 18.4 Å². The normalized spacial score (nSPS) is 15.7. The van der Waals surface area contributed by atoms with E-state index in [1.807, 2.05) is 73.6 Å². The number of esters is 1. The van der Waals surface area contributed by atoms with Gasteiger partial charge in [-0.25, -0.2) is 9.79 Å². The molecule has 1 aliphatic heterocycles. The van der Waals surface area contributed by atoms with Gasteiger partial charge in [-0.05, 0) is 48.4 Å². The van der Waals surface area contributed by atoms with Crippen molar-refractivity contribution in [1.29, 1.82) is 0 Å². The number of fused-ring (bicyclic) bond motifs is 1. The number of aromatic nitrogens is 1. The number of hydrogen-bond acceptors (Lipinski definition) is 7. The number of nitrogens with zero attached hydrogens (tertiary/aromatic N) is 3. The predicted octanol–water partition coefficient (Wildman–Crippen LogP) is 2.48. The molecule has 2 heterocycles. The molecule has 8 heteroatoms. The zero-order valence-electron chi connectivity index (χ0n) is 19.2. The quantitative estimate of drug-likeness (QED) is 0.544. The van der Waals surface area contributed by atoms with E-state index < -0.39 is 12.0 Å². The topological polar surface area (TPSA) is 73.1 Å². The smallest absolute Gasteiger partial charge is 0.338 e. The van der Waals surface area contributed by atoms with Gasteiger partial charge >= 0.3 is 5.97 Å². The Kier molecular flexibility index (Phi) is 6.20. The molecule has 33 heavy (non-hydrogen) atoms. The number of allylic oxidation sites excluding steroid dienone is 1. The molecular formula is C25H25N3O4S. The molecule has 0 radical (unpaired) electrons. The highest BCUT2D eigenvalue weighted by atomic mass is 32.1. The van der Waals surface area contributed by atoms with Crippen LogP contribution in [0.15, 0.2) is 69.6 Å². The first-order valence-corrected chi connectivity index (χ1v) is 11.2. The average Bonchev–Trinajstić information content (AvgIpc) is 3.12. The largest absolute Gasteiger partial charge is 0.497 e. The Morgan fingerprint density at radius 1 is 1.09 bits per heavy atom. The summed E-state index contributed by atoms with van der Waals surface area (Å²) in [4.78, 5) is 33.4. The number of benzene rings is 2. The number of carbonyl (C=O) groups excluding carboxylic acids is 1. The van der Waals surface area contributed by atoms with Crippen LogP contribution in [-0.2, 0) is 9.53 Å². The van der Waals surface area contributed by atoms with E-state index in [-0.39, 0.29) is 5.56 Å². The first kappa shape index (κ1) is 22.5. The fourth-order valence-electron chi connectivity index (χ4n) is 3.81. The second-order valence-electron chi connectivity index (χ2n) is 7.83. The van der Waals surface area contributed by atoms with Crippen molar-refractivity contribution in [3.8, 4) is 5.75 Å². The van der Waals surface area contributed by atoms with Crippen molar-refractivity contribution in [3.05, 3.63) is 90.6 Å². The fourth-order valence-corrected chi connectivity index (χ4v) is 4.86. The number of hydrogen-bond donors (Lipinski definition) is 0. The van der Waals surface area contributed by atoms with Crippen molar-refractivity contribution in [2.75, 3.05) is 33.2 Å². The van der Waals surface area contributed by atoms with E-state index in [9.17, 15) is 9.59 Å². The van der Waals surface area contributed by atoms with E-state index in [0.717, 1.165) is 16.8 Å². The van der Waals surface area contributed by atoms with Crippen molar-refractivity contribution in [3.63, 3.8) is 0 Å². The third kappa shape index (κ3) is 4.21. The maximum absolute atomic E-state index is 13.5. The van der Waals surface area contributed by atoms with Gasteiger partial charge in [0, 0.05) is 19.8 Å². The van der Waals surface area contributed by atoms with Gasteiger partial charge in [-0.2, -0.15) is 0 Å². The van der Waals surface area contributed by atoms with Crippen LogP contribution in [0.3, 0.4) is 0 Å². The molecule has 4 rings (SSSR count). The number of rotatable bonds is 5. The Hall–Kier alpha value is -3.65. The highest BCUT2D eigenvalue weighted by Gasteiger charge is 2.33. The number of ether oxygens (including phenoxy) is 2. The van der Waals surface area contributed by atoms with Crippen LogP contribution < -0.4 is 24.5 Å². The van der Waals surface area contributed by atoms with Crippen LogP contribution in [0.5, 0.6) is 5.75 Å². The van der Waals surface area contributed by atoms with Gasteiger partial charge in [0.05, 0.1) is 36.1 Å².